The highest BCUT2D eigenvalue weighted by Crippen LogP contribution is 2.14. The average Bonchev–Trinajstić information content (AvgIpc) is 2.77. The molecule has 0 atom stereocenters. The molecule has 2 aromatic rings. The highest BCUT2D eigenvalue weighted by atomic mass is 16.2. The van der Waals surface area contributed by atoms with Crippen molar-refractivity contribution < 1.29 is 14.4 Å². The average molecular weight is 407 g/mol. The van der Waals surface area contributed by atoms with Crippen LogP contribution in [-0.2, 0) is 16.0 Å². The lowest BCUT2D eigenvalue weighted by Crippen LogP contribution is -2.46. The molecule has 2 aromatic carbocycles. The van der Waals surface area contributed by atoms with Gasteiger partial charge in [-0.15, -0.1) is 0 Å². The van der Waals surface area contributed by atoms with Gasteiger partial charge in [0.15, 0.2) is 5.78 Å². The molecule has 0 spiro atoms. The fourth-order valence-electron chi connectivity index (χ4n) is 3.74. The molecule has 1 aliphatic heterocycles. The standard InChI is InChI=1S/C25H30N2O3/c1-19-7-10-21(11-8-19)23(28)12-14-25(30)27-17-15-22(16-18-27)26-24(29)13-9-20-5-3-2-4-6-20/h2-8,10-11,22H,9,12-18H2,1H3,(H,26,29). The maximum absolute atomic E-state index is 12.5. The third-order valence-electron chi connectivity index (χ3n) is 5.64. The Kier molecular flexibility index (Phi) is 7.77. The van der Waals surface area contributed by atoms with Crippen LogP contribution >= 0.6 is 0 Å². The molecule has 0 saturated carbocycles. The second-order valence-corrected chi connectivity index (χ2v) is 8.00. The van der Waals surface area contributed by atoms with Crippen LogP contribution in [0.1, 0.15) is 53.6 Å². The van der Waals surface area contributed by atoms with Crippen LogP contribution in [0.3, 0.4) is 0 Å². The first-order valence-electron chi connectivity index (χ1n) is 10.7. The lowest BCUT2D eigenvalue weighted by atomic mass is 10.0. The van der Waals surface area contributed by atoms with Crippen molar-refractivity contribution in [1.82, 2.24) is 10.2 Å². The van der Waals surface area contributed by atoms with Crippen LogP contribution in [0, 0.1) is 6.92 Å². The van der Waals surface area contributed by atoms with Gasteiger partial charge in [0.2, 0.25) is 11.8 Å². The number of nitrogens with one attached hydrogen (secondary N) is 1. The Balaban J connectivity index is 1.35. The first kappa shape index (κ1) is 21.8. The summed E-state index contributed by atoms with van der Waals surface area (Å²) in [5, 5.41) is 3.09. The SMILES string of the molecule is Cc1ccc(C(=O)CCC(=O)N2CCC(NC(=O)CCc3ccccc3)CC2)cc1. The van der Waals surface area contributed by atoms with Gasteiger partial charge in [-0.2, -0.15) is 0 Å². The van der Waals surface area contributed by atoms with Crippen LogP contribution in [0.5, 0.6) is 0 Å². The largest absolute Gasteiger partial charge is 0.353 e. The summed E-state index contributed by atoms with van der Waals surface area (Å²) in [5.74, 6) is 0.0838. The van der Waals surface area contributed by atoms with Crippen molar-refractivity contribution in [3.05, 3.63) is 71.3 Å². The number of Topliss-reactive ketones (excluding diaryl/α,β-unsaturated/α-hetero) is 1. The van der Waals surface area contributed by atoms with E-state index in [2.05, 4.69) is 5.32 Å². The number of aryl methyl sites for hydroxylation is 2. The van der Waals surface area contributed by atoms with Gasteiger partial charge in [-0.1, -0.05) is 60.2 Å². The quantitative estimate of drug-likeness (QED) is 0.680. The smallest absolute Gasteiger partial charge is 0.223 e. The van der Waals surface area contributed by atoms with E-state index < -0.39 is 0 Å². The van der Waals surface area contributed by atoms with Crippen molar-refractivity contribution in [2.75, 3.05) is 13.1 Å². The van der Waals surface area contributed by atoms with E-state index in [1.54, 1.807) is 0 Å². The second-order valence-electron chi connectivity index (χ2n) is 8.00. The maximum Gasteiger partial charge on any atom is 0.223 e. The van der Waals surface area contributed by atoms with Gasteiger partial charge >= 0.3 is 0 Å². The molecule has 1 saturated heterocycles. The monoisotopic (exact) mass is 406 g/mol. The Morgan fingerprint density at radius 2 is 1.57 bits per heavy atom. The van der Waals surface area contributed by atoms with E-state index in [4.69, 9.17) is 0 Å². The third kappa shape index (κ3) is 6.55. The molecule has 5 heteroatoms. The van der Waals surface area contributed by atoms with Crippen molar-refractivity contribution in [3.63, 3.8) is 0 Å². The summed E-state index contributed by atoms with van der Waals surface area (Å²) in [4.78, 5) is 38.7. The molecule has 1 aliphatic rings. The predicted molar refractivity (Wildman–Crippen MR) is 117 cm³/mol. The predicted octanol–water partition coefficient (Wildman–Crippen LogP) is 3.70. The number of rotatable bonds is 8. The molecular formula is C25H30N2O3. The van der Waals surface area contributed by atoms with Crippen LogP contribution in [0.4, 0.5) is 0 Å². The number of hydrogen-bond acceptors (Lipinski definition) is 3. The van der Waals surface area contributed by atoms with Crippen LogP contribution in [0.2, 0.25) is 0 Å². The molecule has 3 rings (SSSR count). The van der Waals surface area contributed by atoms with E-state index in [1.807, 2.05) is 66.4 Å². The van der Waals surface area contributed by atoms with Gasteiger partial charge in [0.1, 0.15) is 0 Å². The first-order chi connectivity index (χ1) is 14.5. The Morgan fingerprint density at radius 1 is 0.900 bits per heavy atom. The highest BCUT2D eigenvalue weighted by molar-refractivity contribution is 5.98. The van der Waals surface area contributed by atoms with Crippen molar-refractivity contribution in [3.8, 4) is 0 Å². The summed E-state index contributed by atoms with van der Waals surface area (Å²) < 4.78 is 0. The fourth-order valence-corrected chi connectivity index (χ4v) is 3.74. The molecule has 1 fully saturated rings. The fraction of sp³-hybridized carbons (Fsp3) is 0.400. The Bertz CT molecular complexity index is 854. The van der Waals surface area contributed by atoms with Crippen molar-refractivity contribution in [2.24, 2.45) is 0 Å². The summed E-state index contributed by atoms with van der Waals surface area (Å²) in [6, 6.07) is 17.6. The second kappa shape index (κ2) is 10.7. The van der Waals surface area contributed by atoms with Gasteiger partial charge in [0.05, 0.1) is 0 Å². The van der Waals surface area contributed by atoms with E-state index in [1.165, 1.54) is 0 Å². The molecule has 2 amide bonds. The number of carbonyl (C=O) groups excluding carboxylic acids is 3. The van der Waals surface area contributed by atoms with E-state index >= 15 is 0 Å². The van der Waals surface area contributed by atoms with Gasteiger partial charge < -0.3 is 10.2 Å². The summed E-state index contributed by atoms with van der Waals surface area (Å²) in [6.07, 6.45) is 3.20. The van der Waals surface area contributed by atoms with Gasteiger partial charge in [-0.05, 0) is 31.7 Å². The number of likely N-dealkylation sites (tertiary alicyclic amines) is 1. The molecule has 158 valence electrons. The Labute approximate surface area is 178 Å². The molecule has 1 heterocycles. The number of carbonyl (C=O) groups is 3. The van der Waals surface area contributed by atoms with Crippen LogP contribution in [0.25, 0.3) is 0 Å². The van der Waals surface area contributed by atoms with Crippen LogP contribution in [-0.4, -0.2) is 41.6 Å². The molecule has 5 nitrogen and oxygen atoms in total. The van der Waals surface area contributed by atoms with Crippen molar-refractivity contribution >= 4 is 17.6 Å². The molecule has 0 aliphatic carbocycles. The third-order valence-corrected chi connectivity index (χ3v) is 5.64. The minimum Gasteiger partial charge on any atom is -0.353 e. The first-order valence-corrected chi connectivity index (χ1v) is 10.7. The number of benzene rings is 2. The van der Waals surface area contributed by atoms with Gasteiger partial charge in [-0.25, -0.2) is 0 Å². The summed E-state index contributed by atoms with van der Waals surface area (Å²) in [7, 11) is 0. The van der Waals surface area contributed by atoms with Crippen molar-refractivity contribution in [1.29, 1.82) is 0 Å². The minimum absolute atomic E-state index is 0.00363. The maximum atomic E-state index is 12.5. The van der Waals surface area contributed by atoms with Crippen molar-refractivity contribution in [2.45, 2.75) is 51.5 Å². The highest BCUT2D eigenvalue weighted by Gasteiger charge is 2.24. The molecule has 0 aromatic heterocycles. The van der Waals surface area contributed by atoms with Gasteiger partial charge in [0.25, 0.3) is 0 Å². The molecule has 0 unspecified atom stereocenters. The molecule has 0 bridgehead atoms. The number of hydrogen-bond donors (Lipinski definition) is 1. The summed E-state index contributed by atoms with van der Waals surface area (Å²) >= 11 is 0. The molecule has 0 radical (unpaired) electrons. The zero-order valence-corrected chi connectivity index (χ0v) is 17.6. The van der Waals surface area contributed by atoms with Gasteiger partial charge in [-0.3, -0.25) is 14.4 Å². The lowest BCUT2D eigenvalue weighted by molar-refractivity contribution is -0.132. The Morgan fingerprint density at radius 3 is 2.23 bits per heavy atom. The van der Waals surface area contributed by atoms with Gasteiger partial charge in [0, 0.05) is 44.0 Å². The summed E-state index contributed by atoms with van der Waals surface area (Å²) in [5.41, 5.74) is 2.93. The number of piperidine rings is 1. The van der Waals surface area contributed by atoms with Crippen LogP contribution in [0.15, 0.2) is 54.6 Å². The minimum atomic E-state index is 0.00363. The van der Waals surface area contributed by atoms with E-state index in [0.717, 1.165) is 30.4 Å². The van der Waals surface area contributed by atoms with E-state index in [-0.39, 0.29) is 36.5 Å². The molecule has 1 N–H and O–H groups in total. The molecular weight excluding hydrogens is 376 g/mol. The number of nitrogens with zero attached hydrogens (tertiary/aromatic N) is 1. The number of amides is 2. The topological polar surface area (TPSA) is 66.5 Å². The Hall–Kier alpha value is -2.95. The lowest BCUT2D eigenvalue weighted by Gasteiger charge is -2.32. The normalized spacial score (nSPS) is 14.4. The zero-order valence-electron chi connectivity index (χ0n) is 17.6. The number of ketones is 1. The van der Waals surface area contributed by atoms with E-state index in [0.29, 0.717) is 25.1 Å². The zero-order chi connectivity index (χ0) is 21.3. The summed E-state index contributed by atoms with van der Waals surface area (Å²) in [6.45, 7) is 3.23. The van der Waals surface area contributed by atoms with Crippen LogP contribution < -0.4 is 5.32 Å². The van der Waals surface area contributed by atoms with E-state index in [9.17, 15) is 14.4 Å². The molecule has 30 heavy (non-hydrogen) atoms.